The first kappa shape index (κ1) is 31.6. The van der Waals surface area contributed by atoms with E-state index in [0.29, 0.717) is 5.92 Å². The Morgan fingerprint density at radius 1 is 0.388 bits per heavy atom. The molecule has 2 aliphatic carbocycles. The molecule has 0 amide bonds. The van der Waals surface area contributed by atoms with Crippen molar-refractivity contribution >= 4 is 0 Å². The molecule has 6 aromatic rings. The van der Waals surface area contributed by atoms with E-state index in [2.05, 4.69) is 185 Å². The van der Waals surface area contributed by atoms with Gasteiger partial charge in [0, 0.05) is 22.2 Å². The van der Waals surface area contributed by atoms with Crippen LogP contribution < -0.4 is 0 Å². The molecule has 0 N–H and O–H groups in total. The van der Waals surface area contributed by atoms with Crippen LogP contribution in [0.25, 0.3) is 11.1 Å². The molecular weight excluding hydrogens is 589 g/mol. The Morgan fingerprint density at radius 3 is 1.10 bits per heavy atom. The lowest BCUT2D eigenvalue weighted by atomic mass is 9.55. The Hall–Kier alpha value is -4.68. The summed E-state index contributed by atoms with van der Waals surface area (Å²) < 4.78 is 0. The first-order valence-electron chi connectivity index (χ1n) is 18.3. The number of benzene rings is 6. The Balaban J connectivity index is 1.44. The molecule has 1 saturated carbocycles. The predicted molar refractivity (Wildman–Crippen MR) is 206 cm³/mol. The molecule has 0 radical (unpaired) electrons. The Labute approximate surface area is 293 Å². The van der Waals surface area contributed by atoms with Crippen LogP contribution in [0, 0.1) is 5.92 Å². The molecule has 0 aliphatic heterocycles. The predicted octanol–water partition coefficient (Wildman–Crippen LogP) is 12.6. The average molecular weight is 637 g/mol. The minimum absolute atomic E-state index is 0.133. The quantitative estimate of drug-likeness (QED) is 0.156. The van der Waals surface area contributed by atoms with Crippen molar-refractivity contribution in [2.24, 2.45) is 5.92 Å². The van der Waals surface area contributed by atoms with Gasteiger partial charge in [0.2, 0.25) is 0 Å². The molecule has 0 nitrogen and oxygen atoms in total. The smallest absolute Gasteiger partial charge is 0.0340 e. The minimum Gasteiger partial charge on any atom is -0.0622 e. The van der Waals surface area contributed by atoms with Crippen LogP contribution in [0.15, 0.2) is 158 Å². The molecule has 0 heterocycles. The van der Waals surface area contributed by atoms with E-state index in [9.17, 15) is 0 Å². The van der Waals surface area contributed by atoms with Gasteiger partial charge >= 0.3 is 0 Å². The van der Waals surface area contributed by atoms with Gasteiger partial charge in [-0.05, 0) is 74.4 Å². The van der Waals surface area contributed by atoms with Crippen molar-refractivity contribution < 1.29 is 0 Å². The van der Waals surface area contributed by atoms with Gasteiger partial charge in [-0.3, -0.25) is 0 Å². The molecule has 1 fully saturated rings. The molecule has 49 heavy (non-hydrogen) atoms. The second-order valence-electron chi connectivity index (χ2n) is 15.6. The van der Waals surface area contributed by atoms with E-state index in [0.717, 1.165) is 0 Å². The van der Waals surface area contributed by atoms with Crippen molar-refractivity contribution in [2.45, 2.75) is 75.5 Å². The van der Waals surface area contributed by atoms with Crippen LogP contribution in [0.2, 0.25) is 0 Å². The number of hydrogen-bond acceptors (Lipinski definition) is 0. The Morgan fingerprint density at radius 2 is 0.735 bits per heavy atom. The number of rotatable bonds is 8. The summed E-state index contributed by atoms with van der Waals surface area (Å²) in [6.45, 7) is 9.56. The lowest BCUT2D eigenvalue weighted by Crippen LogP contribution is -2.41. The lowest BCUT2D eigenvalue weighted by molar-refractivity contribution is 0.294. The Kier molecular flexibility index (Phi) is 7.95. The van der Waals surface area contributed by atoms with E-state index in [-0.39, 0.29) is 22.2 Å². The zero-order valence-electron chi connectivity index (χ0n) is 29.5. The third-order valence-corrected chi connectivity index (χ3v) is 12.4. The zero-order valence-corrected chi connectivity index (χ0v) is 29.5. The highest BCUT2D eigenvalue weighted by atomic mass is 14.5. The third kappa shape index (κ3) is 5.11. The van der Waals surface area contributed by atoms with Gasteiger partial charge in [-0.25, -0.2) is 0 Å². The summed E-state index contributed by atoms with van der Waals surface area (Å²) in [4.78, 5) is 0. The molecule has 0 saturated heterocycles. The van der Waals surface area contributed by atoms with Crippen LogP contribution in [0.3, 0.4) is 0 Å². The average Bonchev–Trinajstić information content (AvgIpc) is 3.81. The molecule has 244 valence electrons. The first-order valence-corrected chi connectivity index (χ1v) is 18.3. The fraction of sp³-hybridized carbons (Fsp3) is 0.265. The maximum absolute atomic E-state index is 2.60. The lowest BCUT2D eigenvalue weighted by Gasteiger charge is -2.47. The summed E-state index contributed by atoms with van der Waals surface area (Å²) in [6.07, 6.45) is 5.08. The summed E-state index contributed by atoms with van der Waals surface area (Å²) in [6, 6.07) is 60.2. The zero-order chi connectivity index (χ0) is 33.6. The van der Waals surface area contributed by atoms with Gasteiger partial charge < -0.3 is 0 Å². The van der Waals surface area contributed by atoms with Crippen LogP contribution in [0.5, 0.6) is 0 Å². The first-order chi connectivity index (χ1) is 23.8. The van der Waals surface area contributed by atoms with Crippen LogP contribution >= 0.6 is 0 Å². The SMILES string of the molecule is CC(C)(c1ccccc1)c1ccc2c(c1)C(C(c1ccccc1)(c1ccccc1)C1CCCC1)c1cc(C(C)(C)c3ccccc3)ccc1-2. The normalized spacial score (nSPS) is 15.3. The van der Waals surface area contributed by atoms with Gasteiger partial charge in [0.1, 0.15) is 0 Å². The summed E-state index contributed by atoms with van der Waals surface area (Å²) in [7, 11) is 0. The van der Waals surface area contributed by atoms with Gasteiger partial charge in [-0.1, -0.05) is 198 Å². The van der Waals surface area contributed by atoms with E-state index in [4.69, 9.17) is 0 Å². The van der Waals surface area contributed by atoms with Crippen LogP contribution in [0.4, 0.5) is 0 Å². The van der Waals surface area contributed by atoms with Gasteiger partial charge in [-0.15, -0.1) is 0 Å². The standard InChI is InChI=1S/C49H48/c1-47(2,35-19-9-5-10-20-35)40-29-31-42-43-32-30-41(48(3,4)36-21-11-6-12-22-36)34-45(43)46(44(42)33-40)49(39-27-17-18-28-39,37-23-13-7-14-24-37)38-25-15-8-16-26-38/h5-16,19-26,29-34,39,46H,17-18,27-28H2,1-4H3. The Bertz CT molecular complexity index is 1910. The number of fused-ring (bicyclic) bond motifs is 3. The largest absolute Gasteiger partial charge is 0.0622 e. The van der Waals surface area contributed by atoms with Crippen molar-refractivity contribution in [1.29, 1.82) is 0 Å². The van der Waals surface area contributed by atoms with Gasteiger partial charge in [0.15, 0.2) is 0 Å². The van der Waals surface area contributed by atoms with Crippen LogP contribution in [-0.4, -0.2) is 0 Å². The van der Waals surface area contributed by atoms with E-state index in [1.807, 2.05) is 0 Å². The monoisotopic (exact) mass is 636 g/mol. The summed E-state index contributed by atoms with van der Waals surface area (Å²) >= 11 is 0. The fourth-order valence-corrected chi connectivity index (χ4v) is 9.59. The van der Waals surface area contributed by atoms with E-state index < -0.39 is 0 Å². The van der Waals surface area contributed by atoms with E-state index in [1.165, 1.54) is 81.3 Å². The highest BCUT2D eigenvalue weighted by molar-refractivity contribution is 5.82. The third-order valence-electron chi connectivity index (χ3n) is 12.4. The summed E-state index contributed by atoms with van der Waals surface area (Å²) in [5.74, 6) is 0.695. The summed E-state index contributed by atoms with van der Waals surface area (Å²) in [5, 5.41) is 0. The molecule has 0 atom stereocenters. The van der Waals surface area contributed by atoms with Crippen LogP contribution in [-0.2, 0) is 16.2 Å². The van der Waals surface area contributed by atoms with E-state index in [1.54, 1.807) is 0 Å². The van der Waals surface area contributed by atoms with Gasteiger partial charge in [0.25, 0.3) is 0 Å². The molecule has 0 heteroatoms. The van der Waals surface area contributed by atoms with Gasteiger partial charge in [0.05, 0.1) is 0 Å². The van der Waals surface area contributed by atoms with Gasteiger partial charge in [-0.2, -0.15) is 0 Å². The van der Waals surface area contributed by atoms with Crippen molar-refractivity contribution in [2.75, 3.05) is 0 Å². The van der Waals surface area contributed by atoms with Crippen molar-refractivity contribution in [1.82, 2.24) is 0 Å². The van der Waals surface area contributed by atoms with Crippen LogP contribution in [0.1, 0.15) is 104 Å². The van der Waals surface area contributed by atoms with Crippen molar-refractivity contribution in [3.63, 3.8) is 0 Å². The van der Waals surface area contributed by atoms with E-state index >= 15 is 0 Å². The second-order valence-corrected chi connectivity index (χ2v) is 15.6. The minimum atomic E-state index is -0.218. The molecule has 8 rings (SSSR count). The van der Waals surface area contributed by atoms with Crippen molar-refractivity contribution in [3.05, 3.63) is 202 Å². The fourth-order valence-electron chi connectivity index (χ4n) is 9.59. The maximum Gasteiger partial charge on any atom is 0.0340 e. The number of hydrogen-bond donors (Lipinski definition) is 0. The summed E-state index contributed by atoms with van der Waals surface area (Å²) in [5.41, 5.74) is 13.6. The topological polar surface area (TPSA) is 0 Å². The molecule has 6 aromatic carbocycles. The second kappa shape index (κ2) is 12.3. The molecule has 2 aliphatic rings. The molecule has 0 spiro atoms. The molecular formula is C49H48. The molecule has 0 aromatic heterocycles. The maximum atomic E-state index is 2.60. The van der Waals surface area contributed by atoms with Crippen molar-refractivity contribution in [3.8, 4) is 11.1 Å². The highest BCUT2D eigenvalue weighted by Crippen LogP contribution is 2.62. The highest BCUT2D eigenvalue weighted by Gasteiger charge is 2.53. The molecule has 0 unspecified atom stereocenters. The molecule has 0 bridgehead atoms.